The molecule has 51 valence electrons. The van der Waals surface area contributed by atoms with Gasteiger partial charge in [-0.25, -0.2) is 0 Å². The summed E-state index contributed by atoms with van der Waals surface area (Å²) in [5, 5.41) is 8.27. The van der Waals surface area contributed by atoms with Crippen LogP contribution in [0.15, 0.2) is 12.7 Å². The Kier molecular flexibility index (Phi) is 3.76. The van der Waals surface area contributed by atoms with Crippen LogP contribution in [0.4, 0.5) is 0 Å². The van der Waals surface area contributed by atoms with E-state index < -0.39 is 5.97 Å². The SMILES string of the molecule is [CH2]CC(C=C)CC(=O)O. The molecule has 0 bridgehead atoms. The molecule has 1 N–H and O–H groups in total. The van der Waals surface area contributed by atoms with Crippen LogP contribution in [0.25, 0.3) is 0 Å². The van der Waals surface area contributed by atoms with Crippen molar-refractivity contribution in [2.45, 2.75) is 12.8 Å². The lowest BCUT2D eigenvalue weighted by molar-refractivity contribution is -0.137. The van der Waals surface area contributed by atoms with E-state index in [4.69, 9.17) is 5.11 Å². The number of carboxylic acids is 1. The van der Waals surface area contributed by atoms with Gasteiger partial charge >= 0.3 is 5.97 Å². The number of carbonyl (C=O) groups is 1. The van der Waals surface area contributed by atoms with Crippen molar-refractivity contribution in [3.05, 3.63) is 19.6 Å². The summed E-state index contributed by atoms with van der Waals surface area (Å²) in [5.74, 6) is -0.758. The molecular formula is C7H11O2. The second kappa shape index (κ2) is 4.13. The predicted octanol–water partition coefficient (Wildman–Crippen LogP) is 1.49. The van der Waals surface area contributed by atoms with Gasteiger partial charge in [-0.15, -0.1) is 6.58 Å². The zero-order valence-electron chi connectivity index (χ0n) is 5.34. The third-order valence-electron chi connectivity index (χ3n) is 1.14. The van der Waals surface area contributed by atoms with Gasteiger partial charge in [-0.05, 0) is 12.3 Å². The van der Waals surface area contributed by atoms with Gasteiger partial charge in [0, 0.05) is 0 Å². The first kappa shape index (κ1) is 8.21. The molecule has 0 aromatic carbocycles. The number of aliphatic carboxylic acids is 1. The van der Waals surface area contributed by atoms with Crippen LogP contribution in [0, 0.1) is 12.8 Å². The van der Waals surface area contributed by atoms with Gasteiger partial charge in [0.2, 0.25) is 0 Å². The molecule has 0 heterocycles. The van der Waals surface area contributed by atoms with Crippen LogP contribution in [0.3, 0.4) is 0 Å². The fourth-order valence-electron chi connectivity index (χ4n) is 0.528. The van der Waals surface area contributed by atoms with Gasteiger partial charge in [0.05, 0.1) is 6.42 Å². The number of rotatable bonds is 4. The van der Waals surface area contributed by atoms with Crippen LogP contribution in [-0.2, 0) is 4.79 Å². The normalized spacial score (nSPS) is 12.6. The van der Waals surface area contributed by atoms with Gasteiger partial charge in [-0.2, -0.15) is 0 Å². The highest BCUT2D eigenvalue weighted by Crippen LogP contribution is 2.07. The molecule has 1 radical (unpaired) electrons. The summed E-state index contributed by atoms with van der Waals surface area (Å²) >= 11 is 0. The van der Waals surface area contributed by atoms with E-state index in [1.165, 1.54) is 0 Å². The maximum atomic E-state index is 10.1. The first-order valence-electron chi connectivity index (χ1n) is 2.84. The zero-order valence-corrected chi connectivity index (χ0v) is 5.34. The summed E-state index contributed by atoms with van der Waals surface area (Å²) in [7, 11) is 0. The summed E-state index contributed by atoms with van der Waals surface area (Å²) in [6.45, 7) is 7.06. The molecular weight excluding hydrogens is 116 g/mol. The Morgan fingerprint density at radius 2 is 2.33 bits per heavy atom. The lowest BCUT2D eigenvalue weighted by atomic mass is 10.0. The van der Waals surface area contributed by atoms with Gasteiger partial charge in [0.25, 0.3) is 0 Å². The van der Waals surface area contributed by atoms with Crippen molar-refractivity contribution in [1.82, 2.24) is 0 Å². The fourth-order valence-corrected chi connectivity index (χ4v) is 0.528. The topological polar surface area (TPSA) is 37.3 Å². The van der Waals surface area contributed by atoms with Crippen LogP contribution in [-0.4, -0.2) is 11.1 Å². The second-order valence-corrected chi connectivity index (χ2v) is 1.88. The van der Waals surface area contributed by atoms with Crippen molar-refractivity contribution in [2.24, 2.45) is 5.92 Å². The van der Waals surface area contributed by atoms with Gasteiger partial charge < -0.3 is 5.11 Å². The third-order valence-corrected chi connectivity index (χ3v) is 1.14. The quantitative estimate of drug-likeness (QED) is 0.581. The second-order valence-electron chi connectivity index (χ2n) is 1.88. The Morgan fingerprint density at radius 1 is 1.78 bits per heavy atom. The lowest BCUT2D eigenvalue weighted by Crippen LogP contribution is -2.03. The standard InChI is InChI=1S/C7H11O2/c1-3-6(4-2)5-7(8)9/h3,6H,1-2,4-5H2,(H,8,9). The Labute approximate surface area is 55.2 Å². The minimum atomic E-state index is -0.788. The van der Waals surface area contributed by atoms with Gasteiger partial charge in [-0.3, -0.25) is 4.79 Å². The molecule has 0 spiro atoms. The van der Waals surface area contributed by atoms with E-state index in [0.717, 1.165) is 0 Å². The highest BCUT2D eigenvalue weighted by molar-refractivity contribution is 5.67. The third kappa shape index (κ3) is 3.76. The molecule has 0 aliphatic heterocycles. The van der Waals surface area contributed by atoms with E-state index >= 15 is 0 Å². The van der Waals surface area contributed by atoms with E-state index in [2.05, 4.69) is 13.5 Å². The Hall–Kier alpha value is -0.790. The zero-order chi connectivity index (χ0) is 7.28. The Balaban J connectivity index is 3.55. The average molecular weight is 127 g/mol. The van der Waals surface area contributed by atoms with Crippen molar-refractivity contribution < 1.29 is 9.90 Å². The van der Waals surface area contributed by atoms with Gasteiger partial charge in [0.1, 0.15) is 0 Å². The molecule has 0 aromatic heterocycles. The predicted molar refractivity (Wildman–Crippen MR) is 35.9 cm³/mol. The smallest absolute Gasteiger partial charge is 0.303 e. The van der Waals surface area contributed by atoms with Crippen molar-refractivity contribution in [3.8, 4) is 0 Å². The van der Waals surface area contributed by atoms with Crippen molar-refractivity contribution in [3.63, 3.8) is 0 Å². The van der Waals surface area contributed by atoms with Crippen molar-refractivity contribution >= 4 is 5.97 Å². The molecule has 0 aromatic rings. The first-order valence-corrected chi connectivity index (χ1v) is 2.84. The molecule has 2 heteroatoms. The Bertz CT molecular complexity index is 107. The van der Waals surface area contributed by atoms with Crippen LogP contribution in [0.2, 0.25) is 0 Å². The van der Waals surface area contributed by atoms with E-state index in [1.54, 1.807) is 6.08 Å². The van der Waals surface area contributed by atoms with E-state index in [-0.39, 0.29) is 12.3 Å². The van der Waals surface area contributed by atoms with E-state index in [1.807, 2.05) is 0 Å². The molecule has 0 saturated carbocycles. The number of allylic oxidation sites excluding steroid dienone is 1. The Morgan fingerprint density at radius 3 is 2.44 bits per heavy atom. The molecule has 1 unspecified atom stereocenters. The fraction of sp³-hybridized carbons (Fsp3) is 0.429. The summed E-state index contributed by atoms with van der Waals surface area (Å²) in [4.78, 5) is 10.1. The molecule has 0 saturated heterocycles. The highest BCUT2D eigenvalue weighted by atomic mass is 16.4. The van der Waals surface area contributed by atoms with Crippen LogP contribution in [0.1, 0.15) is 12.8 Å². The molecule has 0 fully saturated rings. The first-order chi connectivity index (χ1) is 4.20. The number of carboxylic acid groups (broad SMARTS) is 1. The minimum absolute atomic E-state index is 0.0301. The van der Waals surface area contributed by atoms with Gasteiger partial charge in [0.15, 0.2) is 0 Å². The van der Waals surface area contributed by atoms with Crippen molar-refractivity contribution in [1.29, 1.82) is 0 Å². The highest BCUT2D eigenvalue weighted by Gasteiger charge is 2.05. The van der Waals surface area contributed by atoms with Crippen LogP contribution >= 0.6 is 0 Å². The lowest BCUT2D eigenvalue weighted by Gasteiger charge is -2.02. The molecule has 0 amide bonds. The van der Waals surface area contributed by atoms with Crippen molar-refractivity contribution in [2.75, 3.05) is 0 Å². The van der Waals surface area contributed by atoms with Crippen LogP contribution < -0.4 is 0 Å². The number of hydrogen-bond donors (Lipinski definition) is 1. The van der Waals surface area contributed by atoms with Crippen LogP contribution in [0.5, 0.6) is 0 Å². The monoisotopic (exact) mass is 127 g/mol. The molecule has 1 atom stereocenters. The summed E-state index contributed by atoms with van der Waals surface area (Å²) in [6.07, 6.45) is 2.38. The molecule has 2 nitrogen and oxygen atoms in total. The summed E-state index contributed by atoms with van der Waals surface area (Å²) < 4.78 is 0. The number of hydrogen-bond acceptors (Lipinski definition) is 1. The molecule has 9 heavy (non-hydrogen) atoms. The average Bonchev–Trinajstić information content (AvgIpc) is 1.82. The minimum Gasteiger partial charge on any atom is -0.481 e. The van der Waals surface area contributed by atoms with E-state index in [9.17, 15) is 4.79 Å². The summed E-state index contributed by atoms with van der Waals surface area (Å²) in [5.41, 5.74) is 0. The molecule has 0 aliphatic rings. The maximum Gasteiger partial charge on any atom is 0.303 e. The summed E-state index contributed by atoms with van der Waals surface area (Å²) in [6, 6.07) is 0. The molecule has 0 aliphatic carbocycles. The van der Waals surface area contributed by atoms with Gasteiger partial charge in [-0.1, -0.05) is 13.0 Å². The van der Waals surface area contributed by atoms with E-state index in [0.29, 0.717) is 6.42 Å². The maximum absolute atomic E-state index is 10.1. The molecule has 0 rings (SSSR count). The largest absolute Gasteiger partial charge is 0.481 e.